The van der Waals surface area contributed by atoms with E-state index in [-0.39, 0.29) is 0 Å². The summed E-state index contributed by atoms with van der Waals surface area (Å²) < 4.78 is 0. The van der Waals surface area contributed by atoms with Gasteiger partial charge in [-0.25, -0.2) is 0 Å². The molecule has 0 aromatic heterocycles. The lowest BCUT2D eigenvalue weighted by molar-refractivity contribution is 0.144. The van der Waals surface area contributed by atoms with Gasteiger partial charge in [-0.05, 0) is 39.1 Å². The van der Waals surface area contributed by atoms with E-state index < -0.39 is 0 Å². The van der Waals surface area contributed by atoms with E-state index in [2.05, 4.69) is 30.3 Å². The summed E-state index contributed by atoms with van der Waals surface area (Å²) in [6.07, 6.45) is 4.82. The molecule has 84 valence electrons. The molecule has 3 heteroatoms. The average molecular weight is 216 g/mol. The molecule has 0 amide bonds. The van der Waals surface area contributed by atoms with Crippen LogP contribution >= 0.6 is 11.8 Å². The Morgan fingerprint density at radius 1 is 1.50 bits per heavy atom. The Labute approximate surface area is 92.8 Å². The Morgan fingerprint density at radius 3 is 2.86 bits per heavy atom. The SMILES string of the molecule is CCN1CCC(NCCSC)CC1C. The molecule has 1 rings (SSSR count). The molecule has 0 spiro atoms. The highest BCUT2D eigenvalue weighted by atomic mass is 32.2. The number of rotatable bonds is 5. The fourth-order valence-corrected chi connectivity index (χ4v) is 2.56. The van der Waals surface area contributed by atoms with Gasteiger partial charge in [0.25, 0.3) is 0 Å². The van der Waals surface area contributed by atoms with Crippen molar-refractivity contribution in [3.8, 4) is 0 Å². The van der Waals surface area contributed by atoms with Crippen molar-refractivity contribution in [2.75, 3.05) is 31.6 Å². The minimum absolute atomic E-state index is 0.764. The van der Waals surface area contributed by atoms with Gasteiger partial charge < -0.3 is 10.2 Å². The van der Waals surface area contributed by atoms with Gasteiger partial charge in [0.1, 0.15) is 0 Å². The first-order valence-corrected chi connectivity index (χ1v) is 7.13. The van der Waals surface area contributed by atoms with Crippen molar-refractivity contribution >= 4 is 11.8 Å². The predicted molar refractivity (Wildman–Crippen MR) is 66.1 cm³/mol. The van der Waals surface area contributed by atoms with Crippen LogP contribution in [0.5, 0.6) is 0 Å². The largest absolute Gasteiger partial charge is 0.313 e. The molecule has 0 saturated carbocycles. The van der Waals surface area contributed by atoms with Crippen LogP contribution in [0.25, 0.3) is 0 Å². The molecule has 2 atom stereocenters. The van der Waals surface area contributed by atoms with Gasteiger partial charge in [0.15, 0.2) is 0 Å². The number of nitrogens with zero attached hydrogens (tertiary/aromatic N) is 1. The fourth-order valence-electron chi connectivity index (χ4n) is 2.24. The topological polar surface area (TPSA) is 15.3 Å². The summed E-state index contributed by atoms with van der Waals surface area (Å²) in [7, 11) is 0. The van der Waals surface area contributed by atoms with E-state index >= 15 is 0 Å². The number of hydrogen-bond acceptors (Lipinski definition) is 3. The Kier molecular flexibility index (Phi) is 5.90. The van der Waals surface area contributed by atoms with Crippen LogP contribution in [-0.4, -0.2) is 48.6 Å². The second-order valence-corrected chi connectivity index (χ2v) is 5.13. The first-order chi connectivity index (χ1) is 6.77. The molecule has 1 fully saturated rings. The zero-order valence-electron chi connectivity index (χ0n) is 9.75. The first kappa shape index (κ1) is 12.3. The van der Waals surface area contributed by atoms with Crippen LogP contribution in [0.3, 0.4) is 0 Å². The Balaban J connectivity index is 2.18. The van der Waals surface area contributed by atoms with Gasteiger partial charge in [0.05, 0.1) is 0 Å². The van der Waals surface area contributed by atoms with Gasteiger partial charge in [-0.1, -0.05) is 6.92 Å². The average Bonchev–Trinajstić information content (AvgIpc) is 2.18. The second kappa shape index (κ2) is 6.70. The molecule has 0 radical (unpaired) electrons. The molecule has 0 aliphatic carbocycles. The molecule has 14 heavy (non-hydrogen) atoms. The van der Waals surface area contributed by atoms with Crippen molar-refractivity contribution in [3.63, 3.8) is 0 Å². The van der Waals surface area contributed by atoms with E-state index in [1.807, 2.05) is 11.8 Å². The highest BCUT2D eigenvalue weighted by molar-refractivity contribution is 7.98. The maximum absolute atomic E-state index is 3.65. The van der Waals surface area contributed by atoms with Gasteiger partial charge in [-0.3, -0.25) is 0 Å². The minimum Gasteiger partial charge on any atom is -0.313 e. The lowest BCUT2D eigenvalue weighted by Crippen LogP contribution is -2.47. The molecule has 1 N–H and O–H groups in total. The summed E-state index contributed by atoms with van der Waals surface area (Å²) in [5.74, 6) is 1.24. The number of piperidine rings is 1. The fraction of sp³-hybridized carbons (Fsp3) is 1.00. The highest BCUT2D eigenvalue weighted by Gasteiger charge is 2.23. The molecule has 0 aromatic rings. The van der Waals surface area contributed by atoms with E-state index in [9.17, 15) is 0 Å². The van der Waals surface area contributed by atoms with Crippen LogP contribution in [0.4, 0.5) is 0 Å². The van der Waals surface area contributed by atoms with Crippen LogP contribution in [0.15, 0.2) is 0 Å². The van der Waals surface area contributed by atoms with Gasteiger partial charge in [-0.15, -0.1) is 0 Å². The molecule has 2 nitrogen and oxygen atoms in total. The van der Waals surface area contributed by atoms with Crippen LogP contribution in [-0.2, 0) is 0 Å². The Morgan fingerprint density at radius 2 is 2.29 bits per heavy atom. The standard InChI is InChI=1S/C11H24N2S/c1-4-13-7-5-11(9-10(13)2)12-6-8-14-3/h10-12H,4-9H2,1-3H3. The molecular weight excluding hydrogens is 192 g/mol. The van der Waals surface area contributed by atoms with Crippen LogP contribution in [0.2, 0.25) is 0 Å². The third-order valence-electron chi connectivity index (χ3n) is 3.16. The Bertz CT molecular complexity index is 150. The van der Waals surface area contributed by atoms with Crippen LogP contribution < -0.4 is 5.32 Å². The van der Waals surface area contributed by atoms with Gasteiger partial charge >= 0.3 is 0 Å². The normalized spacial score (nSPS) is 29.4. The summed E-state index contributed by atoms with van der Waals surface area (Å²) in [6.45, 7) is 8.27. The van der Waals surface area contributed by atoms with Crippen molar-refractivity contribution in [1.82, 2.24) is 10.2 Å². The van der Waals surface area contributed by atoms with Crippen molar-refractivity contribution in [3.05, 3.63) is 0 Å². The maximum Gasteiger partial charge on any atom is 0.00943 e. The minimum atomic E-state index is 0.764. The van der Waals surface area contributed by atoms with E-state index in [0.717, 1.165) is 12.1 Å². The van der Waals surface area contributed by atoms with E-state index in [4.69, 9.17) is 0 Å². The summed E-state index contributed by atoms with van der Waals surface area (Å²) in [5, 5.41) is 3.65. The molecule has 2 unspecified atom stereocenters. The molecule has 1 aliphatic rings. The third kappa shape index (κ3) is 3.79. The second-order valence-electron chi connectivity index (χ2n) is 4.15. The van der Waals surface area contributed by atoms with Crippen molar-refractivity contribution in [2.45, 2.75) is 38.8 Å². The lowest BCUT2D eigenvalue weighted by atomic mass is 9.98. The van der Waals surface area contributed by atoms with E-state index in [1.54, 1.807) is 0 Å². The molecular formula is C11H24N2S. The number of thioether (sulfide) groups is 1. The van der Waals surface area contributed by atoms with Crippen molar-refractivity contribution in [1.29, 1.82) is 0 Å². The van der Waals surface area contributed by atoms with Gasteiger partial charge in [-0.2, -0.15) is 11.8 Å². The monoisotopic (exact) mass is 216 g/mol. The van der Waals surface area contributed by atoms with Crippen LogP contribution in [0, 0.1) is 0 Å². The zero-order chi connectivity index (χ0) is 10.4. The number of hydrogen-bond donors (Lipinski definition) is 1. The van der Waals surface area contributed by atoms with Crippen molar-refractivity contribution in [2.24, 2.45) is 0 Å². The quantitative estimate of drug-likeness (QED) is 0.706. The number of likely N-dealkylation sites (tertiary alicyclic amines) is 1. The predicted octanol–water partition coefficient (Wildman–Crippen LogP) is 1.81. The molecule has 1 aliphatic heterocycles. The summed E-state index contributed by atoms with van der Waals surface area (Å²) in [4.78, 5) is 2.58. The van der Waals surface area contributed by atoms with E-state index in [0.29, 0.717) is 0 Å². The third-order valence-corrected chi connectivity index (χ3v) is 3.77. The molecule has 1 heterocycles. The summed E-state index contributed by atoms with van der Waals surface area (Å²) in [5.41, 5.74) is 0. The lowest BCUT2D eigenvalue weighted by Gasteiger charge is -2.37. The first-order valence-electron chi connectivity index (χ1n) is 5.74. The Hall–Kier alpha value is 0.270. The molecule has 0 aromatic carbocycles. The van der Waals surface area contributed by atoms with Crippen molar-refractivity contribution < 1.29 is 0 Å². The van der Waals surface area contributed by atoms with E-state index in [1.165, 1.54) is 38.2 Å². The van der Waals surface area contributed by atoms with Gasteiger partial charge in [0.2, 0.25) is 0 Å². The van der Waals surface area contributed by atoms with Crippen LogP contribution in [0.1, 0.15) is 26.7 Å². The molecule has 1 saturated heterocycles. The smallest absolute Gasteiger partial charge is 0.00943 e. The maximum atomic E-state index is 3.65. The summed E-state index contributed by atoms with van der Waals surface area (Å²) in [6, 6.07) is 1.53. The highest BCUT2D eigenvalue weighted by Crippen LogP contribution is 2.16. The zero-order valence-corrected chi connectivity index (χ0v) is 10.6. The molecule has 0 bridgehead atoms. The van der Waals surface area contributed by atoms with Gasteiger partial charge in [0, 0.05) is 24.4 Å². The number of nitrogens with one attached hydrogen (secondary N) is 1. The summed E-state index contributed by atoms with van der Waals surface area (Å²) >= 11 is 1.92.